The van der Waals surface area contributed by atoms with Crippen LogP contribution >= 0.6 is 0 Å². The Bertz CT molecular complexity index is 1770. The van der Waals surface area contributed by atoms with Crippen molar-refractivity contribution in [3.63, 3.8) is 0 Å². The summed E-state index contributed by atoms with van der Waals surface area (Å²) < 4.78 is 35.5. The van der Waals surface area contributed by atoms with Crippen LogP contribution in [0.25, 0.3) is 23.0 Å². The number of nitriles is 1. The van der Waals surface area contributed by atoms with E-state index >= 15 is 0 Å². The van der Waals surface area contributed by atoms with Crippen LogP contribution in [0.5, 0.6) is 5.75 Å². The Hall–Kier alpha value is -5.36. The van der Waals surface area contributed by atoms with E-state index in [1.807, 2.05) is 43.3 Å². The molecule has 42 heavy (non-hydrogen) atoms. The number of halogens is 2. The van der Waals surface area contributed by atoms with Gasteiger partial charge in [0.25, 0.3) is 11.8 Å². The highest BCUT2D eigenvalue weighted by Gasteiger charge is 2.35. The van der Waals surface area contributed by atoms with Gasteiger partial charge in [0.05, 0.1) is 18.8 Å². The van der Waals surface area contributed by atoms with Crippen LogP contribution in [-0.4, -0.2) is 33.1 Å². The van der Waals surface area contributed by atoms with E-state index in [0.717, 1.165) is 17.0 Å². The third-order valence-electron chi connectivity index (χ3n) is 6.81. The number of rotatable bonds is 8. The zero-order chi connectivity index (χ0) is 29.8. The highest BCUT2D eigenvalue weighted by atomic mass is 19.1. The van der Waals surface area contributed by atoms with Crippen molar-refractivity contribution in [2.75, 3.05) is 6.61 Å². The summed E-state index contributed by atoms with van der Waals surface area (Å²) in [6.45, 7) is 3.69. The number of hydrogen-bond acceptors (Lipinski definition) is 5. The molecule has 0 aliphatic carbocycles. The number of aromatic nitrogens is 2. The molecule has 0 bridgehead atoms. The number of para-hydroxylation sites is 1. The van der Waals surface area contributed by atoms with Crippen LogP contribution in [0, 0.1) is 23.0 Å². The Morgan fingerprint density at radius 3 is 2.40 bits per heavy atom. The standard InChI is InChI=1S/C33H26F2N4O3/c1-3-15-42-30-14-11-23(17-29(30)35)31-24(20-39(37-31)26-7-5-4-6-8-26)16-27-21(2)28(18-36)33(41)38(32(27)40)19-22-9-12-25(34)13-10-22/h4-14,16-17,20H,3,15,19H2,1-2H3/b27-16+. The molecule has 0 atom stereocenters. The molecule has 0 saturated heterocycles. The highest BCUT2D eigenvalue weighted by molar-refractivity contribution is 6.19. The molecule has 3 aromatic carbocycles. The fourth-order valence-electron chi connectivity index (χ4n) is 4.61. The molecule has 0 saturated carbocycles. The van der Waals surface area contributed by atoms with Crippen LogP contribution in [0.2, 0.25) is 0 Å². The van der Waals surface area contributed by atoms with Gasteiger partial charge in [0, 0.05) is 22.9 Å². The lowest BCUT2D eigenvalue weighted by Gasteiger charge is -2.27. The smallest absolute Gasteiger partial charge is 0.271 e. The maximum absolute atomic E-state index is 15.0. The van der Waals surface area contributed by atoms with Gasteiger partial charge in [-0.15, -0.1) is 0 Å². The Labute approximate surface area is 241 Å². The summed E-state index contributed by atoms with van der Waals surface area (Å²) in [6, 6.07) is 21.2. The number of imide groups is 1. The average molecular weight is 565 g/mol. The lowest BCUT2D eigenvalue weighted by Crippen LogP contribution is -2.42. The monoisotopic (exact) mass is 564 g/mol. The molecular weight excluding hydrogens is 538 g/mol. The van der Waals surface area contributed by atoms with Crippen molar-refractivity contribution in [2.24, 2.45) is 0 Å². The van der Waals surface area contributed by atoms with Crippen LogP contribution in [0.15, 0.2) is 95.7 Å². The van der Waals surface area contributed by atoms with Crippen molar-refractivity contribution >= 4 is 17.9 Å². The van der Waals surface area contributed by atoms with Crippen molar-refractivity contribution in [1.29, 1.82) is 5.26 Å². The number of hydrogen-bond donors (Lipinski definition) is 0. The molecule has 0 N–H and O–H groups in total. The van der Waals surface area contributed by atoms with Gasteiger partial charge in [-0.05, 0) is 73.0 Å². The van der Waals surface area contributed by atoms with Gasteiger partial charge in [0.1, 0.15) is 23.2 Å². The van der Waals surface area contributed by atoms with Crippen LogP contribution < -0.4 is 4.74 Å². The summed E-state index contributed by atoms with van der Waals surface area (Å²) in [5.74, 6) is -2.23. The molecule has 1 aliphatic heterocycles. The Morgan fingerprint density at radius 2 is 1.74 bits per heavy atom. The molecule has 1 aliphatic rings. The topological polar surface area (TPSA) is 88.2 Å². The van der Waals surface area contributed by atoms with Crippen molar-refractivity contribution in [3.8, 4) is 28.8 Å². The van der Waals surface area contributed by atoms with Gasteiger partial charge in [-0.25, -0.2) is 13.5 Å². The molecule has 2 amide bonds. The first-order valence-electron chi connectivity index (χ1n) is 13.3. The number of benzene rings is 3. The molecule has 210 valence electrons. The number of amides is 2. The second-order valence-electron chi connectivity index (χ2n) is 9.70. The van der Waals surface area contributed by atoms with Crippen molar-refractivity contribution in [1.82, 2.24) is 14.7 Å². The summed E-state index contributed by atoms with van der Waals surface area (Å²) in [6.07, 6.45) is 3.98. The van der Waals surface area contributed by atoms with E-state index in [9.17, 15) is 23.6 Å². The van der Waals surface area contributed by atoms with Gasteiger partial charge >= 0.3 is 0 Å². The number of nitrogens with zero attached hydrogens (tertiary/aromatic N) is 4. The van der Waals surface area contributed by atoms with Gasteiger partial charge in [-0.1, -0.05) is 37.3 Å². The average Bonchev–Trinajstić information content (AvgIpc) is 3.42. The van der Waals surface area contributed by atoms with Crippen molar-refractivity contribution < 1.29 is 23.1 Å². The minimum absolute atomic E-state index is 0.116. The summed E-state index contributed by atoms with van der Waals surface area (Å²) in [7, 11) is 0. The third-order valence-corrected chi connectivity index (χ3v) is 6.81. The largest absolute Gasteiger partial charge is 0.491 e. The van der Waals surface area contributed by atoms with E-state index in [1.165, 1.54) is 43.3 Å². The number of ether oxygens (including phenoxy) is 1. The Morgan fingerprint density at radius 1 is 1.00 bits per heavy atom. The normalized spacial score (nSPS) is 14.5. The lowest BCUT2D eigenvalue weighted by atomic mass is 9.93. The second-order valence-corrected chi connectivity index (χ2v) is 9.70. The number of carbonyl (C=O) groups is 2. The van der Waals surface area contributed by atoms with Crippen molar-refractivity contribution in [3.05, 3.63) is 118 Å². The number of carbonyl (C=O) groups excluding carboxylic acids is 2. The van der Waals surface area contributed by atoms with E-state index in [2.05, 4.69) is 0 Å². The fourth-order valence-corrected chi connectivity index (χ4v) is 4.61. The van der Waals surface area contributed by atoms with Gasteiger partial charge in [0.2, 0.25) is 0 Å². The predicted molar refractivity (Wildman–Crippen MR) is 153 cm³/mol. The van der Waals surface area contributed by atoms with Crippen molar-refractivity contribution in [2.45, 2.75) is 26.8 Å². The first-order chi connectivity index (χ1) is 20.3. The van der Waals surface area contributed by atoms with Crippen LogP contribution in [-0.2, 0) is 16.1 Å². The molecule has 5 rings (SSSR count). The third kappa shape index (κ3) is 5.60. The maximum Gasteiger partial charge on any atom is 0.271 e. The summed E-state index contributed by atoms with van der Waals surface area (Å²) in [5.41, 5.74) is 2.71. The second kappa shape index (κ2) is 12.0. The molecule has 0 fully saturated rings. The molecule has 2 heterocycles. The SMILES string of the molecule is CCCOc1ccc(-c2nn(-c3ccccc3)cc2/C=C2/C(=O)N(Cc3ccc(F)cc3)C(=O)C(C#N)=C2C)cc1F. The van der Waals surface area contributed by atoms with E-state index in [4.69, 9.17) is 9.84 Å². The zero-order valence-corrected chi connectivity index (χ0v) is 23.0. The molecule has 4 aromatic rings. The van der Waals surface area contributed by atoms with Gasteiger partial charge in [-0.2, -0.15) is 10.4 Å². The van der Waals surface area contributed by atoms with Gasteiger partial charge in [-0.3, -0.25) is 14.5 Å². The Kier molecular flexibility index (Phi) is 8.07. The molecular formula is C33H26F2N4O3. The maximum atomic E-state index is 15.0. The van der Waals surface area contributed by atoms with Gasteiger partial charge in [0.15, 0.2) is 11.6 Å². The quantitative estimate of drug-likeness (QED) is 0.183. The first kappa shape index (κ1) is 28.2. The highest BCUT2D eigenvalue weighted by Crippen LogP contribution is 2.33. The molecule has 1 aromatic heterocycles. The minimum atomic E-state index is -0.730. The molecule has 0 unspecified atom stereocenters. The molecule has 0 radical (unpaired) electrons. The summed E-state index contributed by atoms with van der Waals surface area (Å²) >= 11 is 0. The van der Waals surface area contributed by atoms with Crippen LogP contribution in [0.4, 0.5) is 8.78 Å². The van der Waals surface area contributed by atoms with E-state index in [0.29, 0.717) is 29.0 Å². The van der Waals surface area contributed by atoms with E-state index in [-0.39, 0.29) is 29.0 Å². The van der Waals surface area contributed by atoms with E-state index in [1.54, 1.807) is 23.0 Å². The Balaban J connectivity index is 1.63. The van der Waals surface area contributed by atoms with E-state index < -0.39 is 23.4 Å². The molecule has 7 nitrogen and oxygen atoms in total. The predicted octanol–water partition coefficient (Wildman–Crippen LogP) is 6.40. The fraction of sp³-hybridized carbons (Fsp3) is 0.152. The minimum Gasteiger partial charge on any atom is -0.491 e. The first-order valence-corrected chi connectivity index (χ1v) is 13.3. The molecule has 0 spiro atoms. The molecule has 9 heteroatoms. The van der Waals surface area contributed by atoms with Crippen LogP contribution in [0.3, 0.4) is 0 Å². The van der Waals surface area contributed by atoms with Crippen LogP contribution in [0.1, 0.15) is 31.4 Å². The summed E-state index contributed by atoms with van der Waals surface area (Å²) in [5, 5.41) is 14.5. The zero-order valence-electron chi connectivity index (χ0n) is 23.0. The lowest BCUT2D eigenvalue weighted by molar-refractivity contribution is -0.141. The summed E-state index contributed by atoms with van der Waals surface area (Å²) in [4.78, 5) is 27.8. The van der Waals surface area contributed by atoms with Gasteiger partial charge < -0.3 is 4.74 Å².